The number of rotatable bonds is 5. The second-order valence-electron chi connectivity index (χ2n) is 13.6. The zero-order valence-electron chi connectivity index (χ0n) is 28.9. The van der Waals surface area contributed by atoms with Crippen LogP contribution < -0.4 is 0 Å². The molecule has 0 fully saturated rings. The summed E-state index contributed by atoms with van der Waals surface area (Å²) in [5.41, 5.74) is 10.5. The molecule has 54 heavy (non-hydrogen) atoms. The fourth-order valence-electron chi connectivity index (χ4n) is 7.78. The lowest BCUT2D eigenvalue weighted by Crippen LogP contribution is -2.00. The molecule has 0 atom stereocenters. The number of para-hydroxylation sites is 1. The van der Waals surface area contributed by atoms with E-state index in [0.29, 0.717) is 17.5 Å². The highest BCUT2D eigenvalue weighted by Crippen LogP contribution is 2.44. The second-order valence-corrected chi connectivity index (χ2v) is 13.6. The van der Waals surface area contributed by atoms with Crippen molar-refractivity contribution in [3.8, 4) is 56.4 Å². The van der Waals surface area contributed by atoms with Crippen molar-refractivity contribution in [1.82, 2.24) is 15.0 Å². The van der Waals surface area contributed by atoms with Gasteiger partial charge in [-0.05, 0) is 64.0 Å². The van der Waals surface area contributed by atoms with Crippen LogP contribution in [0.3, 0.4) is 0 Å². The Labute approximate surface area is 309 Å². The minimum Gasteiger partial charge on any atom is -0.456 e. The molecule has 0 N–H and O–H groups in total. The fraction of sp³-hybridized carbons (Fsp3) is 0. The van der Waals surface area contributed by atoms with E-state index in [-0.39, 0.29) is 0 Å². The molecule has 11 aromatic rings. The molecule has 0 saturated carbocycles. The minimum atomic E-state index is 0.582. The summed E-state index contributed by atoms with van der Waals surface area (Å²) in [4.78, 5) is 15.4. The average Bonchev–Trinajstić information content (AvgIpc) is 3.82. The van der Waals surface area contributed by atoms with E-state index in [9.17, 15) is 0 Å². The molecule has 252 valence electrons. The molecule has 0 radical (unpaired) electrons. The van der Waals surface area contributed by atoms with E-state index < -0.39 is 0 Å². The van der Waals surface area contributed by atoms with Crippen molar-refractivity contribution in [3.63, 3.8) is 0 Å². The number of hydrogen-bond donors (Lipinski definition) is 0. The Hall–Kier alpha value is -7.37. The van der Waals surface area contributed by atoms with Gasteiger partial charge in [-0.25, -0.2) is 15.0 Å². The molecule has 3 heterocycles. The Morgan fingerprint density at radius 2 is 0.907 bits per heavy atom. The standard InChI is InChI=1S/C49H29N3O2/c1-3-13-30(14-4-1)32-17-11-18-34(27-32)48-50-47(31-15-5-2-6-16-31)51-49(52-48)38-22-12-24-44-45(38)41-29-39(35-19-7-8-21-37(35)46(41)54-44)33-25-26-43-40(28-33)36-20-9-10-23-42(36)53-43/h1-29H. The van der Waals surface area contributed by atoms with Gasteiger partial charge >= 0.3 is 0 Å². The van der Waals surface area contributed by atoms with Crippen molar-refractivity contribution in [2.45, 2.75) is 0 Å². The molecule has 5 heteroatoms. The van der Waals surface area contributed by atoms with Crippen molar-refractivity contribution in [2.75, 3.05) is 0 Å². The van der Waals surface area contributed by atoms with Crippen molar-refractivity contribution in [3.05, 3.63) is 176 Å². The van der Waals surface area contributed by atoms with Gasteiger partial charge in [0.25, 0.3) is 0 Å². The highest BCUT2D eigenvalue weighted by Gasteiger charge is 2.21. The zero-order valence-corrected chi connectivity index (χ0v) is 28.9. The van der Waals surface area contributed by atoms with E-state index in [0.717, 1.165) is 93.6 Å². The molecular weight excluding hydrogens is 663 g/mol. The molecular formula is C49H29N3O2. The molecule has 0 aliphatic carbocycles. The molecule has 0 aliphatic rings. The van der Waals surface area contributed by atoms with Crippen LogP contribution >= 0.6 is 0 Å². The van der Waals surface area contributed by atoms with Gasteiger partial charge in [0.2, 0.25) is 0 Å². The van der Waals surface area contributed by atoms with E-state index >= 15 is 0 Å². The average molecular weight is 692 g/mol. The Morgan fingerprint density at radius 3 is 1.74 bits per heavy atom. The maximum Gasteiger partial charge on any atom is 0.164 e. The first-order chi connectivity index (χ1) is 26.7. The number of aromatic nitrogens is 3. The smallest absolute Gasteiger partial charge is 0.164 e. The van der Waals surface area contributed by atoms with Gasteiger partial charge in [-0.2, -0.15) is 0 Å². The number of nitrogens with zero attached hydrogens (tertiary/aromatic N) is 3. The Bertz CT molecular complexity index is 3220. The predicted octanol–water partition coefficient (Wildman–Crippen LogP) is 13.2. The van der Waals surface area contributed by atoms with Gasteiger partial charge in [0, 0.05) is 43.6 Å². The number of hydrogen-bond acceptors (Lipinski definition) is 5. The lowest BCUT2D eigenvalue weighted by molar-refractivity contribution is 0.669. The van der Waals surface area contributed by atoms with Gasteiger partial charge in [0.1, 0.15) is 22.3 Å². The summed E-state index contributed by atoms with van der Waals surface area (Å²) in [5, 5.41) is 6.31. The maximum atomic E-state index is 6.74. The van der Waals surface area contributed by atoms with Gasteiger partial charge in [-0.1, -0.05) is 140 Å². The molecule has 0 unspecified atom stereocenters. The van der Waals surface area contributed by atoms with E-state index in [1.165, 1.54) is 0 Å². The summed E-state index contributed by atoms with van der Waals surface area (Å²) in [5.74, 6) is 1.80. The van der Waals surface area contributed by atoms with Crippen LogP contribution in [0.4, 0.5) is 0 Å². The van der Waals surface area contributed by atoms with Crippen LogP contribution in [-0.4, -0.2) is 15.0 Å². The SMILES string of the molecule is c1ccc(-c2cccc(-c3nc(-c4ccccc4)nc(-c4cccc5oc6c7ccccc7c(-c7ccc8oc9ccccc9c8c7)cc6c45)n3)c2)cc1. The normalized spacial score (nSPS) is 11.7. The third-order valence-electron chi connectivity index (χ3n) is 10.3. The third kappa shape index (κ3) is 4.90. The Morgan fingerprint density at radius 1 is 0.296 bits per heavy atom. The van der Waals surface area contributed by atoms with Crippen LogP contribution in [-0.2, 0) is 0 Å². The van der Waals surface area contributed by atoms with Crippen LogP contribution in [0.25, 0.3) is 111 Å². The van der Waals surface area contributed by atoms with Crippen LogP contribution in [0.15, 0.2) is 185 Å². The van der Waals surface area contributed by atoms with Crippen LogP contribution in [0.5, 0.6) is 0 Å². The summed E-state index contributed by atoms with van der Waals surface area (Å²) in [7, 11) is 0. The van der Waals surface area contributed by atoms with Crippen LogP contribution in [0.2, 0.25) is 0 Å². The summed E-state index contributed by atoms with van der Waals surface area (Å²) in [6.45, 7) is 0. The summed E-state index contributed by atoms with van der Waals surface area (Å²) in [6.07, 6.45) is 0. The summed E-state index contributed by atoms with van der Waals surface area (Å²) < 4.78 is 12.9. The van der Waals surface area contributed by atoms with Crippen molar-refractivity contribution < 1.29 is 8.83 Å². The zero-order chi connectivity index (χ0) is 35.6. The van der Waals surface area contributed by atoms with Crippen molar-refractivity contribution in [1.29, 1.82) is 0 Å². The first-order valence-electron chi connectivity index (χ1n) is 18.0. The van der Waals surface area contributed by atoms with E-state index in [1.54, 1.807) is 0 Å². The maximum absolute atomic E-state index is 6.74. The van der Waals surface area contributed by atoms with Gasteiger partial charge in [0.15, 0.2) is 17.5 Å². The van der Waals surface area contributed by atoms with Gasteiger partial charge in [-0.3, -0.25) is 0 Å². The Kier molecular flexibility index (Phi) is 6.79. The lowest BCUT2D eigenvalue weighted by Gasteiger charge is -2.11. The highest BCUT2D eigenvalue weighted by molar-refractivity contribution is 6.22. The first kappa shape index (κ1) is 30.3. The van der Waals surface area contributed by atoms with E-state index in [2.05, 4.69) is 115 Å². The van der Waals surface area contributed by atoms with Gasteiger partial charge in [0.05, 0.1) is 0 Å². The van der Waals surface area contributed by atoms with Gasteiger partial charge < -0.3 is 8.83 Å². The summed E-state index contributed by atoms with van der Waals surface area (Å²) in [6, 6.07) is 60.4. The Balaban J connectivity index is 1.16. The van der Waals surface area contributed by atoms with Crippen molar-refractivity contribution in [2.24, 2.45) is 0 Å². The molecule has 0 aliphatic heterocycles. The van der Waals surface area contributed by atoms with Crippen molar-refractivity contribution >= 4 is 54.6 Å². The quantitative estimate of drug-likeness (QED) is 0.180. The number of fused-ring (bicyclic) bond motifs is 8. The van der Waals surface area contributed by atoms with Gasteiger partial charge in [-0.15, -0.1) is 0 Å². The summed E-state index contributed by atoms with van der Waals surface area (Å²) >= 11 is 0. The number of furan rings is 2. The highest BCUT2D eigenvalue weighted by atomic mass is 16.3. The molecule has 0 bridgehead atoms. The predicted molar refractivity (Wildman–Crippen MR) is 219 cm³/mol. The van der Waals surface area contributed by atoms with Crippen LogP contribution in [0, 0.1) is 0 Å². The molecule has 3 aromatic heterocycles. The molecule has 8 aromatic carbocycles. The topological polar surface area (TPSA) is 65.0 Å². The monoisotopic (exact) mass is 691 g/mol. The number of benzene rings is 8. The third-order valence-corrected chi connectivity index (χ3v) is 10.3. The van der Waals surface area contributed by atoms with E-state index in [4.69, 9.17) is 23.8 Å². The fourth-order valence-corrected chi connectivity index (χ4v) is 7.78. The molecule has 11 rings (SSSR count). The second kappa shape index (κ2) is 12.1. The molecule has 5 nitrogen and oxygen atoms in total. The van der Waals surface area contributed by atoms with Crippen LogP contribution in [0.1, 0.15) is 0 Å². The largest absolute Gasteiger partial charge is 0.456 e. The molecule has 0 saturated heterocycles. The first-order valence-corrected chi connectivity index (χ1v) is 18.0. The molecule has 0 spiro atoms. The molecule has 0 amide bonds. The minimum absolute atomic E-state index is 0.582. The lowest BCUT2D eigenvalue weighted by atomic mass is 9.93. The van der Waals surface area contributed by atoms with E-state index in [1.807, 2.05) is 60.7 Å².